The number of hydrogen-bond donors (Lipinski definition) is 0. The van der Waals surface area contributed by atoms with Gasteiger partial charge in [-0.3, -0.25) is 14.6 Å². The Morgan fingerprint density at radius 2 is 1.84 bits per heavy atom. The number of carbonyl (C=O) groups excluding carboxylic acids is 1. The molecule has 0 unspecified atom stereocenters. The Balaban J connectivity index is 0.000000423. The fourth-order valence-corrected chi connectivity index (χ4v) is 3.68. The summed E-state index contributed by atoms with van der Waals surface area (Å²) in [6, 6.07) is 11.2. The molecule has 7 heteroatoms. The van der Waals surface area contributed by atoms with Gasteiger partial charge in [-0.25, -0.2) is 0 Å². The molecular weight excluding hydrogens is 412 g/mol. The normalized spacial score (nSPS) is 10.3. The van der Waals surface area contributed by atoms with Crippen molar-refractivity contribution >= 4 is 27.9 Å². The Labute approximate surface area is 187 Å². The summed E-state index contributed by atoms with van der Waals surface area (Å²) in [6.45, 7) is 5.97. The van der Waals surface area contributed by atoms with Crippen molar-refractivity contribution in [2.75, 3.05) is 13.2 Å². The van der Waals surface area contributed by atoms with Gasteiger partial charge in [-0.1, -0.05) is 45.6 Å². The van der Waals surface area contributed by atoms with E-state index in [9.17, 15) is 9.59 Å². The number of rotatable bonds is 11. The monoisotopic (exact) mass is 442 g/mol. The number of ether oxygens (including phenoxy) is 2. The van der Waals surface area contributed by atoms with E-state index in [1.165, 1.54) is 30.6 Å². The van der Waals surface area contributed by atoms with Gasteiger partial charge >= 0.3 is 0 Å². The molecular formula is C24H30N2O4S. The van der Waals surface area contributed by atoms with Crippen molar-refractivity contribution in [1.29, 1.82) is 0 Å². The third kappa shape index (κ3) is 8.45. The van der Waals surface area contributed by atoms with Crippen molar-refractivity contribution in [3.8, 4) is 16.5 Å². The lowest BCUT2D eigenvalue weighted by atomic mass is 10.2. The SMILES string of the molecule is CCCCCCOc1ccc2sc(-c3ccccn3)nc(=O)c2c1.CCCCOC=O. The van der Waals surface area contributed by atoms with Gasteiger partial charge in [-0.05, 0) is 43.2 Å². The second kappa shape index (κ2) is 14.2. The maximum Gasteiger partial charge on any atom is 0.293 e. The molecule has 0 radical (unpaired) electrons. The summed E-state index contributed by atoms with van der Waals surface area (Å²) >= 11 is 1.47. The number of unbranched alkanes of at least 4 members (excludes halogenated alkanes) is 4. The molecule has 0 aliphatic heterocycles. The maximum atomic E-state index is 12.4. The molecule has 0 amide bonds. The van der Waals surface area contributed by atoms with Crippen LogP contribution in [0.3, 0.4) is 0 Å². The van der Waals surface area contributed by atoms with Crippen molar-refractivity contribution in [3.05, 3.63) is 52.9 Å². The molecule has 6 nitrogen and oxygen atoms in total. The zero-order valence-corrected chi connectivity index (χ0v) is 19.0. The summed E-state index contributed by atoms with van der Waals surface area (Å²) in [5.41, 5.74) is 0.485. The molecule has 0 saturated carbocycles. The van der Waals surface area contributed by atoms with E-state index in [0.29, 0.717) is 30.1 Å². The van der Waals surface area contributed by atoms with Gasteiger partial charge in [0.1, 0.15) is 10.8 Å². The highest BCUT2D eigenvalue weighted by molar-refractivity contribution is 7.21. The number of benzene rings is 1. The second-order valence-corrected chi connectivity index (χ2v) is 7.96. The number of hydrogen-bond acceptors (Lipinski definition) is 7. The Morgan fingerprint density at radius 3 is 2.55 bits per heavy atom. The molecule has 3 rings (SSSR count). The van der Waals surface area contributed by atoms with Crippen LogP contribution in [0, 0.1) is 0 Å². The molecule has 0 bridgehead atoms. The molecule has 3 aromatic rings. The smallest absolute Gasteiger partial charge is 0.293 e. The van der Waals surface area contributed by atoms with Crippen LogP contribution in [0.1, 0.15) is 52.4 Å². The van der Waals surface area contributed by atoms with Crippen LogP contribution >= 0.6 is 11.3 Å². The Kier molecular flexibility index (Phi) is 11.2. The average molecular weight is 443 g/mol. The minimum absolute atomic E-state index is 0.235. The third-order valence-electron chi connectivity index (χ3n) is 4.43. The van der Waals surface area contributed by atoms with Gasteiger partial charge in [0.2, 0.25) is 0 Å². The van der Waals surface area contributed by atoms with Crippen LogP contribution in [-0.4, -0.2) is 29.7 Å². The fraction of sp³-hybridized carbons (Fsp3) is 0.417. The van der Waals surface area contributed by atoms with Gasteiger partial charge < -0.3 is 9.47 Å². The van der Waals surface area contributed by atoms with Crippen LogP contribution in [0.25, 0.3) is 20.8 Å². The van der Waals surface area contributed by atoms with Gasteiger partial charge in [0, 0.05) is 10.9 Å². The molecule has 2 heterocycles. The first-order valence-corrected chi connectivity index (χ1v) is 11.6. The highest BCUT2D eigenvalue weighted by Crippen LogP contribution is 2.27. The number of pyridine rings is 1. The van der Waals surface area contributed by atoms with E-state index in [-0.39, 0.29) is 5.56 Å². The fourth-order valence-electron chi connectivity index (χ4n) is 2.73. The predicted molar refractivity (Wildman–Crippen MR) is 126 cm³/mol. The zero-order chi connectivity index (χ0) is 22.3. The molecule has 0 spiro atoms. The number of aromatic nitrogens is 2. The van der Waals surface area contributed by atoms with E-state index in [1.807, 2.05) is 37.3 Å². The first kappa shape index (κ1) is 24.5. The minimum atomic E-state index is -0.235. The van der Waals surface area contributed by atoms with Gasteiger partial charge in [-0.2, -0.15) is 4.98 Å². The summed E-state index contributed by atoms with van der Waals surface area (Å²) in [6.07, 6.45) is 8.40. The Morgan fingerprint density at radius 1 is 1.00 bits per heavy atom. The van der Waals surface area contributed by atoms with E-state index < -0.39 is 0 Å². The van der Waals surface area contributed by atoms with Crippen LogP contribution in [0.5, 0.6) is 5.75 Å². The number of nitrogens with zero attached hydrogens (tertiary/aromatic N) is 2. The number of carbonyl (C=O) groups is 1. The molecule has 166 valence electrons. The van der Waals surface area contributed by atoms with E-state index in [1.54, 1.807) is 12.3 Å². The van der Waals surface area contributed by atoms with Gasteiger partial charge in [0.15, 0.2) is 0 Å². The minimum Gasteiger partial charge on any atom is -0.494 e. The second-order valence-electron chi connectivity index (χ2n) is 6.93. The van der Waals surface area contributed by atoms with E-state index >= 15 is 0 Å². The molecule has 1 aromatic carbocycles. The summed E-state index contributed by atoms with van der Waals surface area (Å²) in [5.74, 6) is 0.732. The van der Waals surface area contributed by atoms with Crippen molar-refractivity contribution in [3.63, 3.8) is 0 Å². The molecule has 31 heavy (non-hydrogen) atoms. The molecule has 2 aromatic heterocycles. The lowest BCUT2D eigenvalue weighted by Crippen LogP contribution is -2.07. The molecule has 0 atom stereocenters. The Bertz CT molecular complexity index is 976. The molecule has 0 N–H and O–H groups in total. The summed E-state index contributed by atoms with van der Waals surface area (Å²) in [5, 5.41) is 1.24. The molecule has 0 aliphatic carbocycles. The molecule has 0 fully saturated rings. The lowest BCUT2D eigenvalue weighted by molar-refractivity contribution is -0.128. The maximum absolute atomic E-state index is 12.4. The largest absolute Gasteiger partial charge is 0.494 e. The van der Waals surface area contributed by atoms with E-state index in [2.05, 4.69) is 21.6 Å². The summed E-state index contributed by atoms with van der Waals surface area (Å²) in [7, 11) is 0. The first-order chi connectivity index (χ1) is 15.2. The van der Waals surface area contributed by atoms with E-state index in [4.69, 9.17) is 4.74 Å². The van der Waals surface area contributed by atoms with Crippen LogP contribution in [0.2, 0.25) is 0 Å². The Hall–Kier alpha value is -2.80. The first-order valence-electron chi connectivity index (χ1n) is 10.7. The van der Waals surface area contributed by atoms with Gasteiger partial charge in [-0.15, -0.1) is 11.3 Å². The topological polar surface area (TPSA) is 78.4 Å². The molecule has 0 saturated heterocycles. The van der Waals surface area contributed by atoms with Gasteiger partial charge in [0.05, 0.1) is 24.3 Å². The van der Waals surface area contributed by atoms with Crippen LogP contribution in [-0.2, 0) is 9.53 Å². The molecule has 0 aliphatic rings. The van der Waals surface area contributed by atoms with Crippen LogP contribution in [0.15, 0.2) is 47.4 Å². The van der Waals surface area contributed by atoms with Crippen molar-refractivity contribution in [2.24, 2.45) is 0 Å². The highest BCUT2D eigenvalue weighted by atomic mass is 32.1. The summed E-state index contributed by atoms with van der Waals surface area (Å²) < 4.78 is 11.0. The van der Waals surface area contributed by atoms with Gasteiger partial charge in [0.25, 0.3) is 12.0 Å². The standard InChI is InChI=1S/C19H20N2O2S.C5H10O2/c1-2-3-4-7-12-23-14-9-10-17-15(13-14)18(22)21-19(24-17)16-8-5-6-11-20-16;1-2-3-4-7-5-6/h5-6,8-11,13H,2-4,7,12H2,1H3;5H,2-4H2,1H3. The van der Waals surface area contributed by atoms with Crippen molar-refractivity contribution < 1.29 is 14.3 Å². The number of fused-ring (bicyclic) bond motifs is 1. The highest BCUT2D eigenvalue weighted by Gasteiger charge is 2.08. The third-order valence-corrected chi connectivity index (χ3v) is 5.50. The van der Waals surface area contributed by atoms with Crippen molar-refractivity contribution in [1.82, 2.24) is 9.97 Å². The predicted octanol–water partition coefficient (Wildman–Crippen LogP) is 5.64. The summed E-state index contributed by atoms with van der Waals surface area (Å²) in [4.78, 5) is 30.3. The average Bonchev–Trinajstić information content (AvgIpc) is 2.80. The zero-order valence-electron chi connectivity index (χ0n) is 18.2. The van der Waals surface area contributed by atoms with Crippen LogP contribution < -0.4 is 10.3 Å². The van der Waals surface area contributed by atoms with Crippen molar-refractivity contribution in [2.45, 2.75) is 52.4 Å². The lowest BCUT2D eigenvalue weighted by Gasteiger charge is -2.07. The quantitative estimate of drug-likeness (QED) is 0.283. The van der Waals surface area contributed by atoms with Crippen LogP contribution in [0.4, 0.5) is 0 Å². The van der Waals surface area contributed by atoms with E-state index in [0.717, 1.165) is 35.4 Å².